The maximum atomic E-state index is 11.7. The summed E-state index contributed by atoms with van der Waals surface area (Å²) in [5.74, 6) is 0.836. The van der Waals surface area contributed by atoms with Crippen LogP contribution in [-0.4, -0.2) is 24.1 Å². The van der Waals surface area contributed by atoms with E-state index in [2.05, 4.69) is 10.3 Å². The van der Waals surface area contributed by atoms with E-state index in [1.807, 2.05) is 19.1 Å². The van der Waals surface area contributed by atoms with Crippen molar-refractivity contribution >= 4 is 17.5 Å². The Labute approximate surface area is 116 Å². The van der Waals surface area contributed by atoms with E-state index in [4.69, 9.17) is 14.9 Å². The highest BCUT2D eigenvalue weighted by Gasteiger charge is 2.16. The Hall–Kier alpha value is -2.50. The quantitative estimate of drug-likeness (QED) is 0.812. The van der Waals surface area contributed by atoms with Gasteiger partial charge in [0.1, 0.15) is 17.1 Å². The summed E-state index contributed by atoms with van der Waals surface area (Å²) in [5.41, 5.74) is 6.38. The molecule has 0 aromatic carbocycles. The van der Waals surface area contributed by atoms with Gasteiger partial charge in [0.25, 0.3) is 0 Å². The number of anilines is 2. The van der Waals surface area contributed by atoms with Crippen molar-refractivity contribution < 1.29 is 13.9 Å². The molecule has 106 valence electrons. The summed E-state index contributed by atoms with van der Waals surface area (Å²) in [6.45, 7) is 1.97. The van der Waals surface area contributed by atoms with Gasteiger partial charge in [0.15, 0.2) is 0 Å². The summed E-state index contributed by atoms with van der Waals surface area (Å²) < 4.78 is 10.0. The number of ether oxygens (including phenoxy) is 1. The molecule has 0 aliphatic heterocycles. The number of methoxy groups -OCH3 is 1. The number of carbonyl (C=O) groups excluding carboxylic acids is 1. The predicted molar refractivity (Wildman–Crippen MR) is 75.5 cm³/mol. The number of furan rings is 1. The van der Waals surface area contributed by atoms with Crippen molar-refractivity contribution in [3.05, 3.63) is 42.0 Å². The maximum absolute atomic E-state index is 11.7. The molecule has 0 amide bonds. The second-order valence-electron chi connectivity index (χ2n) is 4.49. The van der Waals surface area contributed by atoms with Crippen LogP contribution in [0.2, 0.25) is 0 Å². The summed E-state index contributed by atoms with van der Waals surface area (Å²) in [6, 6.07) is 5.32. The fourth-order valence-electron chi connectivity index (χ4n) is 1.88. The van der Waals surface area contributed by atoms with Gasteiger partial charge >= 0.3 is 5.97 Å². The number of esters is 1. The van der Waals surface area contributed by atoms with Crippen molar-refractivity contribution in [2.24, 2.45) is 0 Å². The average molecular weight is 275 g/mol. The van der Waals surface area contributed by atoms with Gasteiger partial charge in [-0.25, -0.2) is 9.78 Å². The van der Waals surface area contributed by atoms with Crippen LogP contribution in [0.1, 0.15) is 23.0 Å². The zero-order valence-corrected chi connectivity index (χ0v) is 11.4. The molecule has 1 atom stereocenters. The number of pyridine rings is 1. The highest BCUT2D eigenvalue weighted by Crippen LogP contribution is 2.18. The molecule has 0 saturated heterocycles. The molecule has 2 heterocycles. The van der Waals surface area contributed by atoms with Crippen LogP contribution in [0, 0.1) is 0 Å². The van der Waals surface area contributed by atoms with Crippen LogP contribution in [-0.2, 0) is 11.2 Å². The molecule has 2 rings (SSSR count). The van der Waals surface area contributed by atoms with Crippen molar-refractivity contribution in [1.82, 2.24) is 4.98 Å². The lowest BCUT2D eigenvalue weighted by Gasteiger charge is -2.15. The van der Waals surface area contributed by atoms with Gasteiger partial charge < -0.3 is 20.2 Å². The number of rotatable bonds is 5. The molecule has 2 aromatic rings. The zero-order chi connectivity index (χ0) is 14.5. The van der Waals surface area contributed by atoms with E-state index in [1.54, 1.807) is 12.3 Å². The molecule has 0 saturated carbocycles. The molecule has 2 aromatic heterocycles. The molecule has 0 spiro atoms. The lowest BCUT2D eigenvalue weighted by Crippen LogP contribution is -2.21. The Bertz CT molecular complexity index is 581. The SMILES string of the molecule is COC(=O)c1cc(N)cnc1NC(C)Cc1ccco1. The molecule has 0 aliphatic rings. The monoisotopic (exact) mass is 275 g/mol. The summed E-state index contributed by atoms with van der Waals surface area (Å²) in [4.78, 5) is 15.9. The summed E-state index contributed by atoms with van der Waals surface area (Å²) in [6.07, 6.45) is 3.80. The van der Waals surface area contributed by atoms with E-state index < -0.39 is 5.97 Å². The van der Waals surface area contributed by atoms with Crippen molar-refractivity contribution in [3.8, 4) is 0 Å². The van der Waals surface area contributed by atoms with Gasteiger partial charge in [-0.3, -0.25) is 0 Å². The number of nitrogens with one attached hydrogen (secondary N) is 1. The molecule has 6 heteroatoms. The molecule has 0 radical (unpaired) electrons. The number of hydrogen-bond acceptors (Lipinski definition) is 6. The van der Waals surface area contributed by atoms with Crippen LogP contribution in [0.4, 0.5) is 11.5 Å². The van der Waals surface area contributed by atoms with Gasteiger partial charge in [0, 0.05) is 12.5 Å². The lowest BCUT2D eigenvalue weighted by atomic mass is 10.1. The number of nitrogen functional groups attached to an aromatic ring is 1. The molecule has 0 aliphatic carbocycles. The van der Waals surface area contributed by atoms with Crippen molar-refractivity contribution in [1.29, 1.82) is 0 Å². The lowest BCUT2D eigenvalue weighted by molar-refractivity contribution is 0.0601. The van der Waals surface area contributed by atoms with E-state index in [-0.39, 0.29) is 6.04 Å². The van der Waals surface area contributed by atoms with Crippen LogP contribution in [0.25, 0.3) is 0 Å². The minimum atomic E-state index is -0.475. The minimum Gasteiger partial charge on any atom is -0.469 e. The van der Waals surface area contributed by atoms with E-state index in [0.717, 1.165) is 5.76 Å². The van der Waals surface area contributed by atoms with Gasteiger partial charge in [-0.05, 0) is 25.1 Å². The Morgan fingerprint density at radius 1 is 1.60 bits per heavy atom. The van der Waals surface area contributed by atoms with Crippen LogP contribution in [0.15, 0.2) is 35.1 Å². The number of nitrogens with zero attached hydrogens (tertiary/aromatic N) is 1. The zero-order valence-electron chi connectivity index (χ0n) is 11.4. The highest BCUT2D eigenvalue weighted by atomic mass is 16.5. The molecule has 0 fully saturated rings. The van der Waals surface area contributed by atoms with E-state index in [0.29, 0.717) is 23.5 Å². The first kappa shape index (κ1) is 13.9. The molecule has 0 bridgehead atoms. The van der Waals surface area contributed by atoms with Gasteiger partial charge in [-0.1, -0.05) is 0 Å². The summed E-state index contributed by atoms with van der Waals surface area (Å²) >= 11 is 0. The average Bonchev–Trinajstić information content (AvgIpc) is 2.92. The fourth-order valence-corrected chi connectivity index (χ4v) is 1.88. The number of hydrogen-bond donors (Lipinski definition) is 2. The third-order valence-corrected chi connectivity index (χ3v) is 2.78. The Kier molecular flexibility index (Phi) is 4.24. The van der Waals surface area contributed by atoms with E-state index in [1.165, 1.54) is 13.3 Å². The second kappa shape index (κ2) is 6.10. The normalized spacial score (nSPS) is 11.9. The molecular formula is C14H17N3O3. The smallest absolute Gasteiger partial charge is 0.341 e. The molecular weight excluding hydrogens is 258 g/mol. The van der Waals surface area contributed by atoms with E-state index >= 15 is 0 Å². The first-order valence-electron chi connectivity index (χ1n) is 6.23. The number of nitrogens with two attached hydrogens (primary N) is 1. The van der Waals surface area contributed by atoms with Gasteiger partial charge in [-0.2, -0.15) is 0 Å². The van der Waals surface area contributed by atoms with Crippen molar-refractivity contribution in [2.45, 2.75) is 19.4 Å². The third-order valence-electron chi connectivity index (χ3n) is 2.78. The third kappa shape index (κ3) is 3.28. The van der Waals surface area contributed by atoms with Gasteiger partial charge in [0.2, 0.25) is 0 Å². The maximum Gasteiger partial charge on any atom is 0.341 e. The number of aromatic nitrogens is 1. The van der Waals surface area contributed by atoms with Gasteiger partial charge in [0.05, 0.1) is 25.3 Å². The predicted octanol–water partition coefficient (Wildman–Crippen LogP) is 2.09. The highest BCUT2D eigenvalue weighted by molar-refractivity contribution is 5.95. The largest absolute Gasteiger partial charge is 0.469 e. The Morgan fingerprint density at radius 2 is 2.40 bits per heavy atom. The van der Waals surface area contributed by atoms with E-state index in [9.17, 15) is 4.79 Å². The first-order chi connectivity index (χ1) is 9.60. The molecule has 6 nitrogen and oxygen atoms in total. The van der Waals surface area contributed by atoms with Gasteiger partial charge in [-0.15, -0.1) is 0 Å². The minimum absolute atomic E-state index is 0.0423. The molecule has 1 unspecified atom stereocenters. The van der Waals surface area contributed by atoms with Crippen molar-refractivity contribution in [3.63, 3.8) is 0 Å². The van der Waals surface area contributed by atoms with Crippen molar-refractivity contribution in [2.75, 3.05) is 18.2 Å². The summed E-state index contributed by atoms with van der Waals surface area (Å²) in [5, 5.41) is 3.16. The van der Waals surface area contributed by atoms with Crippen LogP contribution in [0.3, 0.4) is 0 Å². The Balaban J connectivity index is 2.14. The standard InChI is InChI=1S/C14H17N3O3/c1-9(6-11-4-3-5-20-11)17-13-12(14(18)19-2)7-10(15)8-16-13/h3-5,7-9H,6,15H2,1-2H3,(H,16,17). The topological polar surface area (TPSA) is 90.4 Å². The fraction of sp³-hybridized carbons (Fsp3) is 0.286. The second-order valence-corrected chi connectivity index (χ2v) is 4.49. The number of carbonyl (C=O) groups is 1. The first-order valence-corrected chi connectivity index (χ1v) is 6.23. The van der Waals surface area contributed by atoms with Crippen LogP contribution >= 0.6 is 0 Å². The van der Waals surface area contributed by atoms with Crippen LogP contribution in [0.5, 0.6) is 0 Å². The Morgan fingerprint density at radius 3 is 3.05 bits per heavy atom. The molecule has 3 N–H and O–H groups in total. The summed E-state index contributed by atoms with van der Waals surface area (Å²) in [7, 11) is 1.32. The molecule has 20 heavy (non-hydrogen) atoms. The van der Waals surface area contributed by atoms with Crippen LogP contribution < -0.4 is 11.1 Å².